The molecule has 0 radical (unpaired) electrons. The highest BCUT2D eigenvalue weighted by molar-refractivity contribution is 7.98. The summed E-state index contributed by atoms with van der Waals surface area (Å²) in [6, 6.07) is 16.9. The van der Waals surface area contributed by atoms with E-state index in [0.717, 1.165) is 23.3 Å². The molecular weight excluding hydrogens is 388 g/mol. The van der Waals surface area contributed by atoms with Gasteiger partial charge in [0.25, 0.3) is 5.91 Å². The minimum Gasteiger partial charge on any atom is -0.455 e. The van der Waals surface area contributed by atoms with Crippen LogP contribution >= 0.6 is 11.8 Å². The molecule has 1 aliphatic carbocycles. The van der Waals surface area contributed by atoms with Crippen molar-refractivity contribution in [1.29, 1.82) is 0 Å². The van der Waals surface area contributed by atoms with E-state index >= 15 is 0 Å². The molecule has 0 spiro atoms. The van der Waals surface area contributed by atoms with Gasteiger partial charge in [0.05, 0.1) is 17.6 Å². The van der Waals surface area contributed by atoms with Gasteiger partial charge in [0, 0.05) is 11.9 Å². The highest BCUT2D eigenvalue weighted by Crippen LogP contribution is 2.49. The van der Waals surface area contributed by atoms with E-state index in [1.807, 2.05) is 60.9 Å². The SMILES string of the molecule is CSc1ccccc1NC(=O)CN(C)C(=O)COC(=O)C1(c2ccccc2)CC1. The van der Waals surface area contributed by atoms with Gasteiger partial charge in [-0.05, 0) is 36.8 Å². The average molecular weight is 413 g/mol. The lowest BCUT2D eigenvalue weighted by molar-refractivity contribution is -0.154. The summed E-state index contributed by atoms with van der Waals surface area (Å²) in [4.78, 5) is 39.3. The summed E-state index contributed by atoms with van der Waals surface area (Å²) < 4.78 is 5.28. The summed E-state index contributed by atoms with van der Waals surface area (Å²) in [5.74, 6) is -1.11. The van der Waals surface area contributed by atoms with Crippen LogP contribution in [0.1, 0.15) is 18.4 Å². The molecule has 0 unspecified atom stereocenters. The summed E-state index contributed by atoms with van der Waals surface area (Å²) in [7, 11) is 1.51. The van der Waals surface area contributed by atoms with Crippen LogP contribution in [0.25, 0.3) is 0 Å². The number of carbonyl (C=O) groups is 3. The third-order valence-electron chi connectivity index (χ3n) is 4.98. The highest BCUT2D eigenvalue weighted by atomic mass is 32.2. The van der Waals surface area contributed by atoms with Gasteiger partial charge in [-0.1, -0.05) is 42.5 Å². The topological polar surface area (TPSA) is 75.7 Å². The molecular formula is C22H24N2O4S. The number of likely N-dealkylation sites (N-methyl/N-ethyl adjacent to an activating group) is 1. The number of hydrogen-bond donors (Lipinski definition) is 1. The van der Waals surface area contributed by atoms with Crippen LogP contribution in [-0.4, -0.2) is 49.1 Å². The molecule has 0 bridgehead atoms. The van der Waals surface area contributed by atoms with Gasteiger partial charge in [-0.15, -0.1) is 11.8 Å². The molecule has 1 fully saturated rings. The Hall–Kier alpha value is -2.80. The maximum absolute atomic E-state index is 12.5. The van der Waals surface area contributed by atoms with Crippen LogP contribution in [-0.2, 0) is 24.5 Å². The summed E-state index contributed by atoms with van der Waals surface area (Å²) in [5.41, 5.74) is 0.993. The Morgan fingerprint density at radius 2 is 1.72 bits per heavy atom. The number of thioether (sulfide) groups is 1. The van der Waals surface area contributed by atoms with Gasteiger partial charge < -0.3 is 15.0 Å². The van der Waals surface area contributed by atoms with E-state index in [1.165, 1.54) is 23.7 Å². The highest BCUT2D eigenvalue weighted by Gasteiger charge is 2.52. The van der Waals surface area contributed by atoms with Gasteiger partial charge in [-0.25, -0.2) is 0 Å². The monoisotopic (exact) mass is 412 g/mol. The van der Waals surface area contributed by atoms with Gasteiger partial charge >= 0.3 is 5.97 Å². The van der Waals surface area contributed by atoms with Crippen molar-refractivity contribution in [2.45, 2.75) is 23.2 Å². The van der Waals surface area contributed by atoms with Crippen molar-refractivity contribution in [2.75, 3.05) is 31.8 Å². The third-order valence-corrected chi connectivity index (χ3v) is 5.78. The lowest BCUT2D eigenvalue weighted by atomic mass is 9.96. The molecule has 0 saturated heterocycles. The summed E-state index contributed by atoms with van der Waals surface area (Å²) in [5, 5.41) is 2.81. The number of hydrogen-bond acceptors (Lipinski definition) is 5. The van der Waals surface area contributed by atoms with Crippen molar-refractivity contribution < 1.29 is 19.1 Å². The lowest BCUT2D eigenvalue weighted by Crippen LogP contribution is -2.38. The Labute approximate surface area is 174 Å². The second-order valence-electron chi connectivity index (χ2n) is 7.02. The van der Waals surface area contributed by atoms with E-state index in [2.05, 4.69) is 5.32 Å². The Morgan fingerprint density at radius 1 is 1.07 bits per heavy atom. The fourth-order valence-corrected chi connectivity index (χ4v) is 3.66. The number of nitrogens with zero attached hydrogens (tertiary/aromatic N) is 1. The van der Waals surface area contributed by atoms with Crippen molar-refractivity contribution in [3.8, 4) is 0 Å². The maximum Gasteiger partial charge on any atom is 0.317 e. The normalized spacial score (nSPS) is 14.0. The predicted octanol–water partition coefficient (Wildman–Crippen LogP) is 3.08. The number of para-hydroxylation sites is 1. The summed E-state index contributed by atoms with van der Waals surface area (Å²) in [6.45, 7) is -0.498. The molecule has 29 heavy (non-hydrogen) atoms. The fourth-order valence-electron chi connectivity index (χ4n) is 3.11. The Kier molecular flexibility index (Phi) is 6.59. The molecule has 7 heteroatoms. The van der Waals surface area contributed by atoms with Gasteiger partial charge in [0.2, 0.25) is 5.91 Å². The summed E-state index contributed by atoms with van der Waals surface area (Å²) in [6.07, 6.45) is 3.37. The largest absolute Gasteiger partial charge is 0.455 e. The van der Waals surface area contributed by atoms with Crippen molar-refractivity contribution in [3.05, 3.63) is 60.2 Å². The van der Waals surface area contributed by atoms with Crippen molar-refractivity contribution in [1.82, 2.24) is 4.90 Å². The van der Waals surface area contributed by atoms with Crippen LogP contribution in [0.5, 0.6) is 0 Å². The third kappa shape index (κ3) is 4.98. The first-order valence-electron chi connectivity index (χ1n) is 9.36. The Balaban J connectivity index is 1.49. The molecule has 2 aromatic carbocycles. The van der Waals surface area contributed by atoms with Crippen molar-refractivity contribution in [2.24, 2.45) is 0 Å². The molecule has 0 atom stereocenters. The molecule has 6 nitrogen and oxygen atoms in total. The predicted molar refractivity (Wildman–Crippen MR) is 113 cm³/mol. The molecule has 1 aliphatic rings. The van der Waals surface area contributed by atoms with E-state index < -0.39 is 11.3 Å². The van der Waals surface area contributed by atoms with Crippen molar-refractivity contribution >= 4 is 35.2 Å². The standard InChI is InChI=1S/C22H24N2O4S/c1-24(14-19(25)23-17-10-6-7-11-18(17)29-2)20(26)15-28-21(27)22(12-13-22)16-8-4-3-5-9-16/h3-11H,12-15H2,1-2H3,(H,23,25). The zero-order chi connectivity index (χ0) is 20.9. The second-order valence-corrected chi connectivity index (χ2v) is 7.87. The fraction of sp³-hybridized carbons (Fsp3) is 0.318. The quantitative estimate of drug-likeness (QED) is 0.533. The van der Waals surface area contributed by atoms with Crippen LogP contribution in [0.3, 0.4) is 0 Å². The number of carbonyl (C=O) groups excluding carboxylic acids is 3. The van der Waals surface area contributed by atoms with E-state index in [1.54, 1.807) is 0 Å². The smallest absolute Gasteiger partial charge is 0.317 e. The second kappa shape index (κ2) is 9.13. The molecule has 2 aromatic rings. The lowest BCUT2D eigenvalue weighted by Gasteiger charge is -2.19. The summed E-state index contributed by atoms with van der Waals surface area (Å²) >= 11 is 1.53. The number of nitrogens with one attached hydrogen (secondary N) is 1. The van der Waals surface area contributed by atoms with E-state index in [4.69, 9.17) is 4.74 Å². The molecule has 2 amide bonds. The van der Waals surface area contributed by atoms with E-state index in [0.29, 0.717) is 5.69 Å². The zero-order valence-electron chi connectivity index (χ0n) is 16.5. The number of amides is 2. The van der Waals surface area contributed by atoms with Gasteiger partial charge in [0.1, 0.15) is 0 Å². The van der Waals surface area contributed by atoms with Crippen molar-refractivity contribution in [3.63, 3.8) is 0 Å². The van der Waals surface area contributed by atoms with Gasteiger partial charge in [-0.2, -0.15) is 0 Å². The number of rotatable bonds is 8. The minimum atomic E-state index is -0.626. The van der Waals surface area contributed by atoms with Gasteiger partial charge in [0.15, 0.2) is 6.61 Å². The van der Waals surface area contributed by atoms with Crippen LogP contribution in [0.4, 0.5) is 5.69 Å². The first-order chi connectivity index (χ1) is 14.0. The minimum absolute atomic E-state index is 0.122. The number of benzene rings is 2. The van der Waals surface area contributed by atoms with Crippen LogP contribution in [0, 0.1) is 0 Å². The molecule has 3 rings (SSSR count). The Bertz CT molecular complexity index is 897. The maximum atomic E-state index is 12.5. The molecule has 0 aromatic heterocycles. The van der Waals surface area contributed by atoms with E-state index in [9.17, 15) is 14.4 Å². The van der Waals surface area contributed by atoms with E-state index in [-0.39, 0.29) is 25.0 Å². The van der Waals surface area contributed by atoms with Gasteiger partial charge in [-0.3, -0.25) is 14.4 Å². The molecule has 1 N–H and O–H groups in total. The average Bonchev–Trinajstić information content (AvgIpc) is 3.54. The molecule has 1 saturated carbocycles. The Morgan fingerprint density at radius 3 is 2.38 bits per heavy atom. The van der Waals surface area contributed by atoms with Crippen LogP contribution in [0.15, 0.2) is 59.5 Å². The van der Waals surface area contributed by atoms with Crippen LogP contribution in [0.2, 0.25) is 0 Å². The zero-order valence-corrected chi connectivity index (χ0v) is 17.3. The van der Waals surface area contributed by atoms with Crippen LogP contribution < -0.4 is 5.32 Å². The number of ether oxygens (including phenoxy) is 1. The molecule has 0 heterocycles. The number of esters is 1. The first kappa shape index (κ1) is 20.9. The molecule has 152 valence electrons. The first-order valence-corrected chi connectivity index (χ1v) is 10.6. The number of anilines is 1. The molecule has 0 aliphatic heterocycles.